The Kier molecular flexibility index (Phi) is 14.9. The maximum absolute atomic E-state index is 14.4. The summed E-state index contributed by atoms with van der Waals surface area (Å²) in [7, 11) is 0. The predicted octanol–water partition coefficient (Wildman–Crippen LogP) is 13.8. The van der Waals surface area contributed by atoms with Crippen LogP contribution in [0.5, 0.6) is 5.75 Å². The highest BCUT2D eigenvalue weighted by atomic mass is 19.4. The van der Waals surface area contributed by atoms with Crippen molar-refractivity contribution in [3.63, 3.8) is 0 Å². The van der Waals surface area contributed by atoms with Gasteiger partial charge in [-0.15, -0.1) is 0 Å². The topological polar surface area (TPSA) is 23.5 Å². The molecule has 0 heterocycles. The van der Waals surface area contributed by atoms with Gasteiger partial charge in [-0.2, -0.15) is 149 Å². The Bertz CT molecular complexity index is 1650. The first kappa shape index (κ1) is 58.5. The molecule has 0 saturated heterocycles. The number of nitrogens with zero attached hydrogens (tertiary/aromatic N) is 1. The fourth-order valence-electron chi connectivity index (χ4n) is 4.75. The SMILES string of the molecule is Oc1cccc(N(CCCC(F)(F)C(F)(F)C(F)(F)C(F)(F)C(F)(F)C(F)(F)C(F)(F)C(F)(F)F)CCCC(F)(F)C(F)(F)C(F)(F)C(F)(F)C(F)(F)C(F)(F)C(F)(F)C(F)(F)F)c1. The molecular formula is C28H17F34NO. The third-order valence-electron chi connectivity index (χ3n) is 8.61. The highest BCUT2D eigenvalue weighted by Crippen LogP contribution is 2.66. The Morgan fingerprint density at radius 3 is 0.797 bits per heavy atom. The first-order valence-electron chi connectivity index (χ1n) is 15.5. The summed E-state index contributed by atoms with van der Waals surface area (Å²) in [6.07, 6.45) is -26.9. The minimum absolute atomic E-state index is 0.0660. The molecule has 1 aromatic rings. The Labute approximate surface area is 330 Å². The molecule has 1 rings (SSSR count). The molecule has 0 aliphatic rings. The van der Waals surface area contributed by atoms with Gasteiger partial charge in [0.1, 0.15) is 5.75 Å². The van der Waals surface area contributed by atoms with Crippen molar-refractivity contribution in [1.82, 2.24) is 0 Å². The number of phenols is 1. The van der Waals surface area contributed by atoms with Crippen LogP contribution in [-0.2, 0) is 0 Å². The van der Waals surface area contributed by atoms with Crippen LogP contribution in [0.2, 0.25) is 0 Å². The van der Waals surface area contributed by atoms with Gasteiger partial charge in [0.15, 0.2) is 0 Å². The van der Waals surface area contributed by atoms with Gasteiger partial charge in [-0.1, -0.05) is 6.07 Å². The van der Waals surface area contributed by atoms with Crippen LogP contribution < -0.4 is 4.90 Å². The van der Waals surface area contributed by atoms with Crippen LogP contribution in [-0.4, -0.2) is 113 Å². The molecule has 0 amide bonds. The van der Waals surface area contributed by atoms with Crippen LogP contribution in [0.4, 0.5) is 155 Å². The molecule has 2 nitrogen and oxygen atoms in total. The molecule has 0 bridgehead atoms. The fraction of sp³-hybridized carbons (Fsp3) is 0.786. The van der Waals surface area contributed by atoms with Gasteiger partial charge in [-0.25, -0.2) is 0 Å². The van der Waals surface area contributed by atoms with E-state index >= 15 is 0 Å². The quantitative estimate of drug-likeness (QED) is 0.124. The lowest BCUT2D eigenvalue weighted by Gasteiger charge is -2.43. The van der Waals surface area contributed by atoms with Crippen LogP contribution in [0.15, 0.2) is 24.3 Å². The van der Waals surface area contributed by atoms with E-state index in [-0.39, 0.29) is 11.0 Å². The molecule has 36 heteroatoms. The van der Waals surface area contributed by atoms with Gasteiger partial charge in [-0.3, -0.25) is 0 Å². The molecule has 0 aromatic heterocycles. The van der Waals surface area contributed by atoms with Crippen molar-refractivity contribution in [2.45, 2.75) is 121 Å². The minimum Gasteiger partial charge on any atom is -0.508 e. The summed E-state index contributed by atoms with van der Waals surface area (Å²) in [4.78, 5) is -0.0660. The summed E-state index contributed by atoms with van der Waals surface area (Å²) in [6.45, 7) is -3.62. The van der Waals surface area contributed by atoms with Crippen LogP contribution in [0.3, 0.4) is 0 Å². The Hall–Kier alpha value is -3.56. The molecule has 0 fully saturated rings. The summed E-state index contributed by atoms with van der Waals surface area (Å²) in [6, 6.07) is 2.00. The normalized spacial score (nSPS) is 16.1. The zero-order chi connectivity index (χ0) is 51.8. The van der Waals surface area contributed by atoms with E-state index in [0.29, 0.717) is 18.2 Å². The van der Waals surface area contributed by atoms with Crippen LogP contribution in [0, 0.1) is 0 Å². The van der Waals surface area contributed by atoms with E-state index in [1.807, 2.05) is 0 Å². The summed E-state index contributed by atoms with van der Waals surface area (Å²) in [5.41, 5.74) is -0.959. The van der Waals surface area contributed by atoms with E-state index in [0.717, 1.165) is 0 Å². The molecule has 0 aliphatic heterocycles. The maximum Gasteiger partial charge on any atom is 0.460 e. The van der Waals surface area contributed by atoms with Crippen molar-refractivity contribution >= 4 is 5.69 Å². The van der Waals surface area contributed by atoms with Crippen LogP contribution in [0.25, 0.3) is 0 Å². The molecule has 1 aromatic carbocycles. The Morgan fingerprint density at radius 1 is 0.328 bits per heavy atom. The van der Waals surface area contributed by atoms with Crippen LogP contribution >= 0.6 is 0 Å². The molecule has 0 unspecified atom stereocenters. The predicted molar refractivity (Wildman–Crippen MR) is 140 cm³/mol. The molecule has 0 aliphatic carbocycles. The second kappa shape index (κ2) is 16.3. The molecule has 378 valence electrons. The van der Waals surface area contributed by atoms with Gasteiger partial charge in [-0.05, 0) is 25.0 Å². The first-order valence-corrected chi connectivity index (χ1v) is 15.5. The number of hydrogen-bond acceptors (Lipinski definition) is 2. The highest BCUT2D eigenvalue weighted by Gasteiger charge is 2.96. The zero-order valence-electron chi connectivity index (χ0n) is 29.3. The standard InChI is InChI=1S/C28H17F34NO/c29-13(30,15(33,34)17(37,38)19(41,42)21(45,46)23(49,50)25(53,54)27(57,58)59)6-2-8-63(11-4-1-5-12(64)10-11)9-3-7-14(31,32)16(35,36)18(39,40)20(43,44)22(47,48)24(51,52)26(55,56)28(60,61)62/h1,4-5,10,64H,2-3,6-9H2. The average molecular weight is 1030 g/mol. The van der Waals surface area contributed by atoms with Crippen molar-refractivity contribution in [2.24, 2.45) is 0 Å². The van der Waals surface area contributed by atoms with Gasteiger partial charge < -0.3 is 10.0 Å². The summed E-state index contributed by atoms with van der Waals surface area (Å²) in [5, 5.41) is 9.53. The van der Waals surface area contributed by atoms with Crippen molar-refractivity contribution < 1.29 is 154 Å². The van der Waals surface area contributed by atoms with E-state index < -0.39 is 145 Å². The Morgan fingerprint density at radius 2 is 0.562 bits per heavy atom. The van der Waals surface area contributed by atoms with Gasteiger partial charge >= 0.3 is 95.3 Å². The highest BCUT2D eigenvalue weighted by molar-refractivity contribution is 5.50. The van der Waals surface area contributed by atoms with E-state index in [4.69, 9.17) is 0 Å². The number of anilines is 1. The number of alkyl halides is 34. The molecular weight excluding hydrogens is 1010 g/mol. The average Bonchev–Trinajstić information content (AvgIpc) is 3.08. The molecule has 64 heavy (non-hydrogen) atoms. The Balaban J connectivity index is 3.53. The lowest BCUT2D eigenvalue weighted by Crippen LogP contribution is -2.74. The minimum atomic E-state index is -9.01. The van der Waals surface area contributed by atoms with E-state index in [2.05, 4.69) is 0 Å². The van der Waals surface area contributed by atoms with E-state index in [1.54, 1.807) is 0 Å². The van der Waals surface area contributed by atoms with Gasteiger partial charge in [0.2, 0.25) is 0 Å². The van der Waals surface area contributed by atoms with Gasteiger partial charge in [0.25, 0.3) is 0 Å². The van der Waals surface area contributed by atoms with Gasteiger partial charge in [0, 0.05) is 37.7 Å². The number of aromatic hydroxyl groups is 1. The number of benzene rings is 1. The summed E-state index contributed by atoms with van der Waals surface area (Å²) >= 11 is 0. The zero-order valence-corrected chi connectivity index (χ0v) is 29.3. The second-order valence-corrected chi connectivity index (χ2v) is 13.0. The van der Waals surface area contributed by atoms with Crippen molar-refractivity contribution in [1.29, 1.82) is 0 Å². The lowest BCUT2D eigenvalue weighted by atomic mass is 9.88. The largest absolute Gasteiger partial charge is 0.508 e. The smallest absolute Gasteiger partial charge is 0.460 e. The van der Waals surface area contributed by atoms with Crippen LogP contribution in [0.1, 0.15) is 25.7 Å². The van der Waals surface area contributed by atoms with E-state index in [9.17, 15) is 154 Å². The summed E-state index contributed by atoms with van der Waals surface area (Å²) in [5.74, 6) is -120. The second-order valence-electron chi connectivity index (χ2n) is 13.0. The number of phenolic OH excluding ortho intramolecular Hbond substituents is 1. The third-order valence-corrected chi connectivity index (χ3v) is 8.61. The van der Waals surface area contributed by atoms with E-state index in [1.165, 1.54) is 0 Å². The van der Waals surface area contributed by atoms with Gasteiger partial charge in [0.05, 0.1) is 0 Å². The van der Waals surface area contributed by atoms with Crippen molar-refractivity contribution in [3.05, 3.63) is 24.3 Å². The van der Waals surface area contributed by atoms with Crippen molar-refractivity contribution in [3.8, 4) is 5.75 Å². The lowest BCUT2D eigenvalue weighted by molar-refractivity contribution is -0.461. The number of hydrogen-bond donors (Lipinski definition) is 1. The molecule has 0 atom stereocenters. The number of rotatable bonds is 21. The molecule has 0 radical (unpaired) electrons. The third kappa shape index (κ3) is 8.52. The summed E-state index contributed by atoms with van der Waals surface area (Å²) < 4.78 is 460. The van der Waals surface area contributed by atoms with Crippen molar-refractivity contribution in [2.75, 3.05) is 18.0 Å². The fourth-order valence-corrected chi connectivity index (χ4v) is 4.75. The molecule has 0 saturated carbocycles. The molecule has 0 spiro atoms. The molecule has 1 N–H and O–H groups in total. The first-order chi connectivity index (χ1) is 27.6. The maximum atomic E-state index is 14.4. The monoisotopic (exact) mass is 1030 g/mol. The number of halogens is 34.